The first-order valence-electron chi connectivity index (χ1n) is 7.12. The molecule has 0 aliphatic carbocycles. The standard InChI is InChI=1S/C17H22N2S/c1-4-18-11-14-5-10-17(19-12-14)20-16-8-6-15(7-9-16)13(2)3/h5-10,12-13,18H,4,11H2,1-3H3. The molecule has 3 heteroatoms. The zero-order valence-corrected chi connectivity index (χ0v) is 13.2. The van der Waals surface area contributed by atoms with Gasteiger partial charge in [0, 0.05) is 17.6 Å². The molecule has 1 N–H and O–H groups in total. The van der Waals surface area contributed by atoms with Gasteiger partial charge in [-0.05, 0) is 41.8 Å². The maximum absolute atomic E-state index is 4.51. The molecule has 0 saturated carbocycles. The molecular formula is C17H22N2S. The van der Waals surface area contributed by atoms with Crippen molar-refractivity contribution in [3.8, 4) is 0 Å². The number of nitrogens with zero attached hydrogens (tertiary/aromatic N) is 1. The van der Waals surface area contributed by atoms with Crippen molar-refractivity contribution in [3.05, 3.63) is 53.7 Å². The Hall–Kier alpha value is -1.32. The Balaban J connectivity index is 1.98. The Morgan fingerprint density at radius 2 is 1.85 bits per heavy atom. The topological polar surface area (TPSA) is 24.9 Å². The molecule has 106 valence electrons. The second-order valence-electron chi connectivity index (χ2n) is 5.11. The van der Waals surface area contributed by atoms with Crippen molar-refractivity contribution in [1.82, 2.24) is 10.3 Å². The molecular weight excluding hydrogens is 264 g/mol. The fraction of sp³-hybridized carbons (Fsp3) is 0.353. The van der Waals surface area contributed by atoms with E-state index in [0.717, 1.165) is 18.1 Å². The van der Waals surface area contributed by atoms with Crippen LogP contribution in [0.2, 0.25) is 0 Å². The van der Waals surface area contributed by atoms with Gasteiger partial charge in [-0.15, -0.1) is 0 Å². The molecule has 0 unspecified atom stereocenters. The van der Waals surface area contributed by atoms with Crippen molar-refractivity contribution in [2.45, 2.75) is 43.2 Å². The van der Waals surface area contributed by atoms with Crippen LogP contribution in [0.4, 0.5) is 0 Å². The van der Waals surface area contributed by atoms with Gasteiger partial charge in [-0.1, -0.05) is 50.7 Å². The van der Waals surface area contributed by atoms with Gasteiger partial charge in [-0.3, -0.25) is 0 Å². The van der Waals surface area contributed by atoms with Crippen LogP contribution in [0.1, 0.15) is 37.8 Å². The summed E-state index contributed by atoms with van der Waals surface area (Å²) in [7, 11) is 0. The second-order valence-corrected chi connectivity index (χ2v) is 6.20. The third kappa shape index (κ3) is 4.36. The Morgan fingerprint density at radius 1 is 1.10 bits per heavy atom. The monoisotopic (exact) mass is 286 g/mol. The summed E-state index contributed by atoms with van der Waals surface area (Å²) < 4.78 is 0. The first kappa shape index (κ1) is 15.1. The van der Waals surface area contributed by atoms with Crippen molar-refractivity contribution in [3.63, 3.8) is 0 Å². The van der Waals surface area contributed by atoms with Gasteiger partial charge in [0.1, 0.15) is 5.03 Å². The van der Waals surface area contributed by atoms with Crippen molar-refractivity contribution >= 4 is 11.8 Å². The molecule has 2 nitrogen and oxygen atoms in total. The summed E-state index contributed by atoms with van der Waals surface area (Å²) in [5, 5.41) is 4.35. The fourth-order valence-electron chi connectivity index (χ4n) is 1.89. The average molecular weight is 286 g/mol. The summed E-state index contributed by atoms with van der Waals surface area (Å²) in [6.45, 7) is 8.41. The summed E-state index contributed by atoms with van der Waals surface area (Å²) in [4.78, 5) is 5.74. The summed E-state index contributed by atoms with van der Waals surface area (Å²) >= 11 is 1.71. The molecule has 20 heavy (non-hydrogen) atoms. The largest absolute Gasteiger partial charge is 0.313 e. The molecule has 0 radical (unpaired) electrons. The van der Waals surface area contributed by atoms with E-state index in [1.165, 1.54) is 16.0 Å². The number of pyridine rings is 1. The minimum atomic E-state index is 0.581. The zero-order chi connectivity index (χ0) is 14.4. The van der Waals surface area contributed by atoms with Crippen molar-refractivity contribution in [2.75, 3.05) is 6.54 Å². The zero-order valence-electron chi connectivity index (χ0n) is 12.4. The highest BCUT2D eigenvalue weighted by molar-refractivity contribution is 7.99. The highest BCUT2D eigenvalue weighted by Gasteiger charge is 2.02. The van der Waals surface area contributed by atoms with Crippen LogP contribution in [0.25, 0.3) is 0 Å². The van der Waals surface area contributed by atoms with E-state index in [-0.39, 0.29) is 0 Å². The molecule has 0 aliphatic rings. The average Bonchev–Trinajstić information content (AvgIpc) is 2.47. The lowest BCUT2D eigenvalue weighted by atomic mass is 10.0. The molecule has 0 amide bonds. The van der Waals surface area contributed by atoms with E-state index in [4.69, 9.17) is 0 Å². The number of rotatable bonds is 6. The lowest BCUT2D eigenvalue weighted by Gasteiger charge is -2.07. The van der Waals surface area contributed by atoms with Gasteiger partial charge in [0.15, 0.2) is 0 Å². The summed E-state index contributed by atoms with van der Waals surface area (Å²) in [5.41, 5.74) is 2.61. The molecule has 0 spiro atoms. The molecule has 0 atom stereocenters. The Labute approximate surface area is 126 Å². The minimum Gasteiger partial charge on any atom is -0.313 e. The maximum atomic E-state index is 4.51. The summed E-state index contributed by atoms with van der Waals surface area (Å²) in [6, 6.07) is 13.0. The molecule has 2 aromatic rings. The van der Waals surface area contributed by atoms with Gasteiger partial charge < -0.3 is 5.32 Å². The van der Waals surface area contributed by atoms with Gasteiger partial charge in [0.05, 0.1) is 0 Å². The van der Waals surface area contributed by atoms with Crippen LogP contribution >= 0.6 is 11.8 Å². The third-order valence-corrected chi connectivity index (χ3v) is 4.10. The predicted molar refractivity (Wildman–Crippen MR) is 86.3 cm³/mol. The lowest BCUT2D eigenvalue weighted by molar-refractivity contribution is 0.723. The van der Waals surface area contributed by atoms with Gasteiger partial charge in [-0.25, -0.2) is 4.98 Å². The first-order valence-corrected chi connectivity index (χ1v) is 7.94. The molecule has 0 aliphatic heterocycles. The second kappa shape index (κ2) is 7.46. The Kier molecular flexibility index (Phi) is 5.62. The van der Waals surface area contributed by atoms with Gasteiger partial charge in [-0.2, -0.15) is 0 Å². The molecule has 0 fully saturated rings. The van der Waals surface area contributed by atoms with E-state index in [2.05, 4.69) is 67.5 Å². The van der Waals surface area contributed by atoms with E-state index in [9.17, 15) is 0 Å². The van der Waals surface area contributed by atoms with E-state index in [1.54, 1.807) is 11.8 Å². The SMILES string of the molecule is CCNCc1ccc(Sc2ccc(C(C)C)cc2)nc1. The molecule has 1 aromatic heterocycles. The Morgan fingerprint density at radius 3 is 2.40 bits per heavy atom. The van der Waals surface area contributed by atoms with Crippen molar-refractivity contribution < 1.29 is 0 Å². The fourth-order valence-corrected chi connectivity index (χ4v) is 2.64. The molecule has 2 rings (SSSR count). The summed E-state index contributed by atoms with van der Waals surface area (Å²) in [6.07, 6.45) is 1.95. The van der Waals surface area contributed by atoms with Crippen LogP contribution in [-0.4, -0.2) is 11.5 Å². The molecule has 0 saturated heterocycles. The van der Waals surface area contributed by atoms with Crippen LogP contribution in [0.5, 0.6) is 0 Å². The highest BCUT2D eigenvalue weighted by atomic mass is 32.2. The van der Waals surface area contributed by atoms with E-state index in [1.807, 2.05) is 6.20 Å². The lowest BCUT2D eigenvalue weighted by Crippen LogP contribution is -2.11. The van der Waals surface area contributed by atoms with Crippen molar-refractivity contribution in [2.24, 2.45) is 0 Å². The molecule has 0 bridgehead atoms. The number of hydrogen-bond acceptors (Lipinski definition) is 3. The maximum Gasteiger partial charge on any atom is 0.101 e. The smallest absolute Gasteiger partial charge is 0.101 e. The van der Waals surface area contributed by atoms with Gasteiger partial charge in [0.25, 0.3) is 0 Å². The van der Waals surface area contributed by atoms with E-state index >= 15 is 0 Å². The predicted octanol–water partition coefficient (Wildman–Crippen LogP) is 4.47. The molecule has 1 heterocycles. The van der Waals surface area contributed by atoms with Gasteiger partial charge in [0.2, 0.25) is 0 Å². The quantitative estimate of drug-likeness (QED) is 0.848. The van der Waals surface area contributed by atoms with Crippen LogP contribution in [-0.2, 0) is 6.54 Å². The summed E-state index contributed by atoms with van der Waals surface area (Å²) in [5.74, 6) is 0.581. The van der Waals surface area contributed by atoms with Crippen LogP contribution in [0.15, 0.2) is 52.5 Å². The van der Waals surface area contributed by atoms with E-state index < -0.39 is 0 Å². The minimum absolute atomic E-state index is 0.581. The normalized spacial score (nSPS) is 11.0. The van der Waals surface area contributed by atoms with Crippen LogP contribution < -0.4 is 5.32 Å². The van der Waals surface area contributed by atoms with Gasteiger partial charge >= 0.3 is 0 Å². The number of aromatic nitrogens is 1. The highest BCUT2D eigenvalue weighted by Crippen LogP contribution is 2.27. The van der Waals surface area contributed by atoms with Crippen LogP contribution in [0, 0.1) is 0 Å². The number of nitrogens with one attached hydrogen (secondary N) is 1. The van der Waals surface area contributed by atoms with Crippen LogP contribution in [0.3, 0.4) is 0 Å². The Bertz CT molecular complexity index is 518. The van der Waals surface area contributed by atoms with Crippen molar-refractivity contribution in [1.29, 1.82) is 0 Å². The number of hydrogen-bond donors (Lipinski definition) is 1. The third-order valence-electron chi connectivity index (χ3n) is 3.15. The first-order chi connectivity index (χ1) is 9.69. The van der Waals surface area contributed by atoms with E-state index in [0.29, 0.717) is 5.92 Å². The molecule has 1 aromatic carbocycles. The number of benzene rings is 1.